The number of halogens is 4. The number of rotatable bonds is 15. The molecule has 6 aromatic rings. The van der Waals surface area contributed by atoms with E-state index in [1.807, 2.05) is 102 Å². The Morgan fingerprint density at radius 2 is 0.972 bits per heavy atom. The number of phenolic OH excluding ortho intramolecular Hbond substituents is 2. The number of aryl methyl sites for hydroxylation is 2. The standard InChI is InChI=1S/C30H35NO2.C22H27NO.C9H11BrO.CH3I.BrH.HI/c1-24-17-18-30(32)29(22-24)28(25-12-5-3-6-13-25)23-26-14-9-10-19-31(26,2)20-11-21-33-27-15-7-4-8-16-27;1-17-12-13-22(24)21(15-17)20(18-9-5-4-6-10-18)16-19-11-7-8-14-23(19,2)3;10-7-4-8-11-9-5-2-1-3-6-9;1-2;;/h3-8,12-13,15-18,22-23,26H,9-11,14,19-21H2,1-2H3;4-6,9-10,12-13,15-16,19H,7-8,11,14H2,1-3H3;1-3,5-6H,4,7-8H2;1H3;2*1H/b28-23+;20-16+;;;;. The molecule has 388 valence electrons. The summed E-state index contributed by atoms with van der Waals surface area (Å²) in [5.74, 6) is 2.60. The minimum absolute atomic E-state index is 0. The van der Waals surface area contributed by atoms with Gasteiger partial charge in [0.15, 0.2) is 0 Å². The van der Waals surface area contributed by atoms with Gasteiger partial charge in [0.05, 0.1) is 54.0 Å². The molecule has 3 atom stereocenters. The molecule has 3 unspecified atom stereocenters. The lowest BCUT2D eigenvalue weighted by atomic mass is 9.90. The molecule has 2 saturated heterocycles. The molecule has 2 fully saturated rings. The molecular formula is C62H78Br2I2N2O4. The van der Waals surface area contributed by atoms with Crippen molar-refractivity contribution in [1.82, 2.24) is 0 Å². The summed E-state index contributed by atoms with van der Waals surface area (Å²) in [5, 5.41) is 22.2. The summed E-state index contributed by atoms with van der Waals surface area (Å²) >= 11 is 5.49. The Morgan fingerprint density at radius 3 is 1.42 bits per heavy atom. The van der Waals surface area contributed by atoms with Crippen molar-refractivity contribution in [2.45, 2.75) is 77.3 Å². The van der Waals surface area contributed by atoms with Crippen molar-refractivity contribution in [1.29, 1.82) is 0 Å². The van der Waals surface area contributed by atoms with E-state index < -0.39 is 0 Å². The van der Waals surface area contributed by atoms with Crippen LogP contribution in [0.4, 0.5) is 0 Å². The van der Waals surface area contributed by atoms with Crippen LogP contribution in [0.3, 0.4) is 0 Å². The maximum Gasteiger partial charge on any atom is 0.123 e. The third kappa shape index (κ3) is 19.9. The maximum atomic E-state index is 10.7. The van der Waals surface area contributed by atoms with E-state index in [-0.39, 0.29) is 41.0 Å². The van der Waals surface area contributed by atoms with E-state index in [2.05, 4.69) is 146 Å². The van der Waals surface area contributed by atoms with Crippen molar-refractivity contribution in [3.63, 3.8) is 0 Å². The number of aromatic hydroxyl groups is 2. The Balaban J connectivity index is 0.000000307. The highest BCUT2D eigenvalue weighted by atomic mass is 127. The Morgan fingerprint density at radius 1 is 0.569 bits per heavy atom. The Labute approximate surface area is 482 Å². The van der Waals surface area contributed by atoms with E-state index >= 15 is 0 Å². The van der Waals surface area contributed by atoms with Crippen molar-refractivity contribution >= 4 is 49.7 Å². The molecule has 10 heteroatoms. The second-order valence-corrected chi connectivity index (χ2v) is 20.0. The second kappa shape index (κ2) is 33.3. The molecule has 0 aliphatic carbocycles. The molecule has 6 nitrogen and oxygen atoms in total. The molecule has 0 aromatic heterocycles. The van der Waals surface area contributed by atoms with Crippen LogP contribution in [0.1, 0.15) is 84.7 Å². The van der Waals surface area contributed by atoms with E-state index in [9.17, 15) is 10.2 Å². The van der Waals surface area contributed by atoms with Crippen LogP contribution in [0.25, 0.3) is 11.1 Å². The van der Waals surface area contributed by atoms with Crippen LogP contribution in [0.2, 0.25) is 0 Å². The van der Waals surface area contributed by atoms with Gasteiger partial charge in [0, 0.05) is 35.7 Å². The monoisotopic (exact) mass is 1330 g/mol. The van der Waals surface area contributed by atoms with E-state index in [4.69, 9.17) is 9.47 Å². The van der Waals surface area contributed by atoms with Crippen LogP contribution in [-0.2, 0) is 0 Å². The van der Waals surface area contributed by atoms with Gasteiger partial charge in [-0.2, -0.15) is 0 Å². The van der Waals surface area contributed by atoms with Gasteiger partial charge in [-0.25, -0.2) is 0 Å². The fourth-order valence-corrected chi connectivity index (χ4v) is 9.68. The maximum absolute atomic E-state index is 10.7. The Bertz CT molecular complexity index is 2490. The lowest BCUT2D eigenvalue weighted by Gasteiger charge is -2.44. The zero-order valence-electron chi connectivity index (χ0n) is 43.3. The SMILES string of the molecule is BrCCCOc1ccccc1.CI.Cc1ccc(O)c(/C(=C/C2CCCC[N+]2(C)C)c2ccccc2)c1.Cc1ccc(O)c(/C(=C/C2CCCC[N+]2(C)CCCOc2ccccc2)c2ccccc2)c1.[Br-].[I-]. The first-order chi connectivity index (χ1) is 34.0. The molecule has 6 aromatic carbocycles. The highest BCUT2D eigenvalue weighted by Gasteiger charge is 2.35. The molecule has 0 bridgehead atoms. The van der Waals surface area contributed by atoms with E-state index in [0.29, 0.717) is 23.6 Å². The predicted molar refractivity (Wildman–Crippen MR) is 308 cm³/mol. The first-order valence-electron chi connectivity index (χ1n) is 25.1. The number of piperidine rings is 2. The van der Waals surface area contributed by atoms with Crippen molar-refractivity contribution in [3.8, 4) is 23.0 Å². The Hall–Kier alpha value is -3.66. The third-order valence-corrected chi connectivity index (χ3v) is 14.0. The smallest absolute Gasteiger partial charge is 0.123 e. The first-order valence-corrected chi connectivity index (χ1v) is 28.3. The van der Waals surface area contributed by atoms with Gasteiger partial charge >= 0.3 is 0 Å². The van der Waals surface area contributed by atoms with E-state index in [1.54, 1.807) is 0 Å². The van der Waals surface area contributed by atoms with Gasteiger partial charge in [-0.05, 0) is 134 Å². The van der Waals surface area contributed by atoms with Gasteiger partial charge in [-0.3, -0.25) is 0 Å². The molecule has 0 amide bonds. The average Bonchev–Trinajstić information content (AvgIpc) is 3.38. The van der Waals surface area contributed by atoms with E-state index in [1.165, 1.54) is 62.7 Å². The van der Waals surface area contributed by atoms with Crippen LogP contribution in [0.15, 0.2) is 170 Å². The van der Waals surface area contributed by atoms with Gasteiger partial charge in [0.1, 0.15) is 35.1 Å². The fourth-order valence-electron chi connectivity index (χ4n) is 9.45. The summed E-state index contributed by atoms with van der Waals surface area (Å²) in [6, 6.07) is 53.5. The molecule has 8 rings (SSSR count). The van der Waals surface area contributed by atoms with Crippen molar-refractivity contribution in [3.05, 3.63) is 203 Å². The number of ether oxygens (including phenoxy) is 2. The zero-order valence-corrected chi connectivity index (χ0v) is 50.8. The number of alkyl halides is 2. The van der Waals surface area contributed by atoms with Crippen LogP contribution in [0.5, 0.6) is 23.0 Å². The number of likely N-dealkylation sites (N-methyl/N-ethyl adjacent to an activating group) is 2. The van der Waals surface area contributed by atoms with Crippen LogP contribution < -0.4 is 50.4 Å². The number of phenols is 2. The lowest BCUT2D eigenvalue weighted by Crippen LogP contribution is -3.00. The van der Waals surface area contributed by atoms with Gasteiger partial charge in [0.25, 0.3) is 0 Å². The Kier molecular flexibility index (Phi) is 29.0. The molecule has 2 aliphatic rings. The van der Waals surface area contributed by atoms with Crippen LogP contribution in [-0.4, -0.2) is 95.5 Å². The number of benzene rings is 6. The van der Waals surface area contributed by atoms with Gasteiger partial charge in [-0.1, -0.05) is 159 Å². The quantitative estimate of drug-likeness (QED) is 0.0467. The molecule has 2 aliphatic heterocycles. The average molecular weight is 1330 g/mol. The number of para-hydroxylation sites is 2. The molecular weight excluding hydrogens is 1250 g/mol. The predicted octanol–water partition coefficient (Wildman–Crippen LogP) is 9.27. The molecule has 0 spiro atoms. The summed E-state index contributed by atoms with van der Waals surface area (Å²) < 4.78 is 13.4. The highest BCUT2D eigenvalue weighted by molar-refractivity contribution is 14.1. The second-order valence-electron chi connectivity index (χ2n) is 19.2. The molecule has 72 heavy (non-hydrogen) atoms. The number of hydrogen-bond donors (Lipinski definition) is 2. The topological polar surface area (TPSA) is 58.9 Å². The normalized spacial score (nSPS) is 18.1. The largest absolute Gasteiger partial charge is 1.00 e. The fraction of sp³-hybridized carbons (Fsp3) is 0.355. The minimum Gasteiger partial charge on any atom is -1.00 e. The molecule has 2 N–H and O–H groups in total. The van der Waals surface area contributed by atoms with E-state index in [0.717, 1.165) is 91.8 Å². The lowest BCUT2D eigenvalue weighted by molar-refractivity contribution is -0.931. The summed E-state index contributed by atoms with van der Waals surface area (Å²) in [4.78, 5) is 1.97. The summed E-state index contributed by atoms with van der Waals surface area (Å²) in [6.45, 7) is 9.15. The molecule has 0 radical (unpaired) electrons. The first kappa shape index (κ1) is 62.6. The zero-order chi connectivity index (χ0) is 50.2. The summed E-state index contributed by atoms with van der Waals surface area (Å²) in [5.41, 5.74) is 8.79. The van der Waals surface area contributed by atoms with Gasteiger partial charge < -0.3 is 69.6 Å². The number of quaternary nitrogens is 2. The number of hydrogen-bond acceptors (Lipinski definition) is 4. The van der Waals surface area contributed by atoms with Crippen molar-refractivity contribution < 1.29 is 69.6 Å². The van der Waals surface area contributed by atoms with Crippen molar-refractivity contribution in [2.24, 2.45) is 0 Å². The number of likely N-dealkylation sites (tertiary alicyclic amines) is 2. The summed E-state index contributed by atoms with van der Waals surface area (Å²) in [6.07, 6.45) is 14.4. The minimum atomic E-state index is 0. The molecule has 0 saturated carbocycles. The van der Waals surface area contributed by atoms with Crippen LogP contribution in [0, 0.1) is 13.8 Å². The van der Waals surface area contributed by atoms with Gasteiger partial charge in [0.2, 0.25) is 0 Å². The van der Waals surface area contributed by atoms with Gasteiger partial charge in [-0.15, -0.1) is 0 Å². The number of nitrogens with zero attached hydrogens (tertiary/aromatic N) is 2. The molecule has 2 heterocycles. The summed E-state index contributed by atoms with van der Waals surface area (Å²) in [7, 11) is 7.03. The van der Waals surface area contributed by atoms with Crippen molar-refractivity contribution in [2.75, 3.05) is 64.3 Å². The highest BCUT2D eigenvalue weighted by Crippen LogP contribution is 2.36. The third-order valence-electron chi connectivity index (χ3n) is 13.5. The van der Waals surface area contributed by atoms with Crippen LogP contribution >= 0.6 is 38.5 Å².